The summed E-state index contributed by atoms with van der Waals surface area (Å²) in [7, 11) is 1.63. The van der Waals surface area contributed by atoms with Crippen molar-refractivity contribution in [2.45, 2.75) is 17.3 Å². The Bertz CT molecular complexity index is 892. The highest BCUT2D eigenvalue weighted by molar-refractivity contribution is 7.98. The predicted molar refractivity (Wildman–Crippen MR) is 98.9 cm³/mol. The number of aromatic nitrogens is 3. The van der Waals surface area contributed by atoms with E-state index in [-0.39, 0.29) is 5.56 Å². The van der Waals surface area contributed by atoms with Crippen molar-refractivity contribution in [3.05, 3.63) is 71.0 Å². The van der Waals surface area contributed by atoms with E-state index >= 15 is 0 Å². The Morgan fingerprint density at radius 2 is 1.77 bits per heavy atom. The average molecular weight is 370 g/mol. The SMILES string of the molecule is COc1ccc(Cc2nnc(SCc3ccc(C(=O)O)cc3)n2N)cc1. The minimum atomic E-state index is -0.936. The van der Waals surface area contributed by atoms with Crippen LogP contribution in [0.1, 0.15) is 27.3 Å². The van der Waals surface area contributed by atoms with Crippen LogP contribution >= 0.6 is 11.8 Å². The lowest BCUT2D eigenvalue weighted by Crippen LogP contribution is -2.14. The molecule has 0 spiro atoms. The summed E-state index contributed by atoms with van der Waals surface area (Å²) in [5, 5.41) is 17.8. The van der Waals surface area contributed by atoms with E-state index in [2.05, 4.69) is 10.2 Å². The van der Waals surface area contributed by atoms with Gasteiger partial charge in [0.1, 0.15) is 5.75 Å². The Morgan fingerprint density at radius 3 is 2.38 bits per heavy atom. The van der Waals surface area contributed by atoms with E-state index in [4.69, 9.17) is 15.7 Å². The van der Waals surface area contributed by atoms with Crippen molar-refractivity contribution in [3.63, 3.8) is 0 Å². The van der Waals surface area contributed by atoms with Gasteiger partial charge in [0.2, 0.25) is 5.16 Å². The molecule has 0 bridgehead atoms. The number of methoxy groups -OCH3 is 1. The van der Waals surface area contributed by atoms with Crippen LogP contribution in [0.5, 0.6) is 5.75 Å². The van der Waals surface area contributed by atoms with Gasteiger partial charge >= 0.3 is 5.97 Å². The van der Waals surface area contributed by atoms with E-state index in [1.54, 1.807) is 31.4 Å². The fourth-order valence-electron chi connectivity index (χ4n) is 2.34. The third kappa shape index (κ3) is 4.15. The summed E-state index contributed by atoms with van der Waals surface area (Å²) >= 11 is 1.45. The molecule has 1 heterocycles. The van der Waals surface area contributed by atoms with Crippen molar-refractivity contribution in [2.75, 3.05) is 13.0 Å². The van der Waals surface area contributed by atoms with E-state index < -0.39 is 5.97 Å². The lowest BCUT2D eigenvalue weighted by molar-refractivity contribution is 0.0697. The monoisotopic (exact) mass is 370 g/mol. The first-order valence-corrected chi connectivity index (χ1v) is 8.82. The number of carboxylic acids is 1. The van der Waals surface area contributed by atoms with Gasteiger partial charge in [0.25, 0.3) is 0 Å². The fourth-order valence-corrected chi connectivity index (χ4v) is 3.17. The molecule has 0 aliphatic carbocycles. The van der Waals surface area contributed by atoms with Gasteiger partial charge in [0.05, 0.1) is 12.7 Å². The Kier molecular flexibility index (Phi) is 5.43. The van der Waals surface area contributed by atoms with Gasteiger partial charge in [-0.2, -0.15) is 0 Å². The van der Waals surface area contributed by atoms with Gasteiger partial charge in [-0.05, 0) is 35.4 Å². The number of nitrogens with zero attached hydrogens (tertiary/aromatic N) is 3. The molecule has 3 aromatic rings. The molecule has 0 unspecified atom stereocenters. The number of hydrogen-bond acceptors (Lipinski definition) is 6. The number of nitrogens with two attached hydrogens (primary N) is 1. The van der Waals surface area contributed by atoms with Crippen LogP contribution in [0.2, 0.25) is 0 Å². The van der Waals surface area contributed by atoms with E-state index in [0.717, 1.165) is 16.9 Å². The number of carboxylic acid groups (broad SMARTS) is 1. The summed E-state index contributed by atoms with van der Waals surface area (Å²) < 4.78 is 6.63. The topological polar surface area (TPSA) is 103 Å². The summed E-state index contributed by atoms with van der Waals surface area (Å²) in [5.74, 6) is 7.26. The van der Waals surface area contributed by atoms with Crippen LogP contribution in [0.4, 0.5) is 0 Å². The molecular weight excluding hydrogens is 352 g/mol. The minimum Gasteiger partial charge on any atom is -0.497 e. The maximum Gasteiger partial charge on any atom is 0.335 e. The maximum absolute atomic E-state index is 10.9. The molecule has 0 fully saturated rings. The Labute approximate surface area is 154 Å². The molecule has 0 aliphatic heterocycles. The molecule has 3 rings (SSSR count). The molecule has 2 aromatic carbocycles. The largest absolute Gasteiger partial charge is 0.497 e. The molecule has 0 atom stereocenters. The van der Waals surface area contributed by atoms with Crippen LogP contribution in [-0.4, -0.2) is 33.1 Å². The molecule has 0 aliphatic rings. The summed E-state index contributed by atoms with van der Waals surface area (Å²) in [6.45, 7) is 0. The zero-order valence-electron chi connectivity index (χ0n) is 14.1. The van der Waals surface area contributed by atoms with Crippen LogP contribution in [0.15, 0.2) is 53.7 Å². The molecule has 3 N–H and O–H groups in total. The Balaban J connectivity index is 1.63. The summed E-state index contributed by atoms with van der Waals surface area (Å²) in [4.78, 5) is 10.9. The van der Waals surface area contributed by atoms with Crippen LogP contribution in [0.25, 0.3) is 0 Å². The molecule has 134 valence electrons. The number of ether oxygens (including phenoxy) is 1. The molecule has 1 aromatic heterocycles. The van der Waals surface area contributed by atoms with E-state index in [9.17, 15) is 4.79 Å². The number of carbonyl (C=O) groups is 1. The van der Waals surface area contributed by atoms with Crippen LogP contribution in [-0.2, 0) is 12.2 Å². The van der Waals surface area contributed by atoms with E-state index in [1.165, 1.54) is 16.4 Å². The lowest BCUT2D eigenvalue weighted by Gasteiger charge is -2.05. The quantitative estimate of drug-likeness (QED) is 0.487. The number of thioether (sulfide) groups is 1. The summed E-state index contributed by atoms with van der Waals surface area (Å²) in [6.07, 6.45) is 0.571. The van der Waals surface area contributed by atoms with Crippen LogP contribution in [0.3, 0.4) is 0 Å². The summed E-state index contributed by atoms with van der Waals surface area (Å²) in [6, 6.07) is 14.4. The number of nitrogen functional groups attached to an aromatic ring is 1. The number of aromatic carboxylic acids is 1. The lowest BCUT2D eigenvalue weighted by atomic mass is 10.1. The van der Waals surface area contributed by atoms with Crippen molar-refractivity contribution >= 4 is 17.7 Å². The smallest absolute Gasteiger partial charge is 0.335 e. The molecule has 0 saturated heterocycles. The van der Waals surface area contributed by atoms with Gasteiger partial charge in [0, 0.05) is 12.2 Å². The summed E-state index contributed by atoms with van der Waals surface area (Å²) in [5.41, 5.74) is 2.31. The van der Waals surface area contributed by atoms with E-state index in [1.807, 2.05) is 24.3 Å². The van der Waals surface area contributed by atoms with Crippen molar-refractivity contribution < 1.29 is 14.6 Å². The zero-order chi connectivity index (χ0) is 18.5. The molecule has 7 nitrogen and oxygen atoms in total. The molecule has 0 radical (unpaired) electrons. The van der Waals surface area contributed by atoms with E-state index in [0.29, 0.717) is 23.2 Å². The molecule has 26 heavy (non-hydrogen) atoms. The highest BCUT2D eigenvalue weighted by Crippen LogP contribution is 2.22. The van der Waals surface area contributed by atoms with Crippen LogP contribution in [0, 0.1) is 0 Å². The molecule has 8 heteroatoms. The first-order valence-electron chi connectivity index (χ1n) is 7.84. The third-order valence-corrected chi connectivity index (χ3v) is 4.84. The first-order chi connectivity index (χ1) is 12.6. The zero-order valence-corrected chi connectivity index (χ0v) is 14.9. The normalized spacial score (nSPS) is 10.7. The second-order valence-corrected chi connectivity index (χ2v) is 6.53. The highest BCUT2D eigenvalue weighted by atomic mass is 32.2. The first kappa shape index (κ1) is 17.8. The molecular formula is C18H18N4O3S. The van der Waals surface area contributed by atoms with Gasteiger partial charge in [-0.1, -0.05) is 36.0 Å². The van der Waals surface area contributed by atoms with Crippen LogP contribution < -0.4 is 10.6 Å². The van der Waals surface area contributed by atoms with Gasteiger partial charge in [-0.3, -0.25) is 0 Å². The van der Waals surface area contributed by atoms with Crippen molar-refractivity contribution in [1.82, 2.24) is 14.9 Å². The van der Waals surface area contributed by atoms with Gasteiger partial charge in [0.15, 0.2) is 5.82 Å². The Morgan fingerprint density at radius 1 is 1.12 bits per heavy atom. The average Bonchev–Trinajstić information content (AvgIpc) is 3.00. The second-order valence-electron chi connectivity index (χ2n) is 5.58. The standard InChI is InChI=1S/C18H18N4O3S/c1-25-15-8-4-12(5-9-15)10-16-20-21-18(22(16)19)26-11-13-2-6-14(7-3-13)17(23)24/h2-9H,10-11,19H2,1H3,(H,23,24). The maximum atomic E-state index is 10.9. The van der Waals surface area contributed by atoms with Gasteiger partial charge < -0.3 is 15.7 Å². The van der Waals surface area contributed by atoms with Crippen molar-refractivity contribution in [1.29, 1.82) is 0 Å². The van der Waals surface area contributed by atoms with Crippen molar-refractivity contribution in [3.8, 4) is 5.75 Å². The van der Waals surface area contributed by atoms with Crippen molar-refractivity contribution in [2.24, 2.45) is 0 Å². The van der Waals surface area contributed by atoms with Gasteiger partial charge in [-0.15, -0.1) is 10.2 Å². The number of rotatable bonds is 7. The second kappa shape index (κ2) is 7.92. The fraction of sp³-hybridized carbons (Fsp3) is 0.167. The highest BCUT2D eigenvalue weighted by Gasteiger charge is 2.11. The Hall–Kier alpha value is -3.00. The molecule has 0 amide bonds. The third-order valence-electron chi connectivity index (χ3n) is 3.83. The van der Waals surface area contributed by atoms with Gasteiger partial charge in [-0.25, -0.2) is 9.47 Å². The molecule has 0 saturated carbocycles. The minimum absolute atomic E-state index is 0.266. The number of hydrogen-bond donors (Lipinski definition) is 2. The predicted octanol–water partition coefficient (Wildman–Crippen LogP) is 2.58. The number of benzene rings is 2.